The van der Waals surface area contributed by atoms with Gasteiger partial charge in [-0.15, -0.1) is 0 Å². The van der Waals surface area contributed by atoms with E-state index in [9.17, 15) is 9.59 Å². The average molecular weight is 434 g/mol. The maximum absolute atomic E-state index is 12.7. The Labute approximate surface area is 186 Å². The highest BCUT2D eigenvalue weighted by molar-refractivity contribution is 5.94. The predicted octanol–water partition coefficient (Wildman–Crippen LogP) is 3.43. The van der Waals surface area contributed by atoms with Crippen molar-refractivity contribution in [2.45, 2.75) is 26.0 Å². The molecule has 32 heavy (non-hydrogen) atoms. The van der Waals surface area contributed by atoms with Gasteiger partial charge in [-0.05, 0) is 49.7 Å². The average Bonchev–Trinajstić information content (AvgIpc) is 2.82. The fourth-order valence-electron chi connectivity index (χ4n) is 3.92. The number of fused-ring (bicyclic) bond motifs is 1. The van der Waals surface area contributed by atoms with Gasteiger partial charge in [-0.3, -0.25) is 14.6 Å². The van der Waals surface area contributed by atoms with Crippen molar-refractivity contribution < 1.29 is 23.8 Å². The number of hydrogen-bond donors (Lipinski definition) is 1. The van der Waals surface area contributed by atoms with Crippen LogP contribution in [0.4, 0.5) is 0 Å². The number of esters is 1. The molecule has 7 nitrogen and oxygen atoms in total. The first-order valence-corrected chi connectivity index (χ1v) is 10.6. The quantitative estimate of drug-likeness (QED) is 0.598. The number of rotatable bonds is 6. The number of nitrogens with zero attached hydrogens (tertiary/aromatic N) is 1. The van der Waals surface area contributed by atoms with Gasteiger partial charge in [-0.2, -0.15) is 0 Å². The van der Waals surface area contributed by atoms with Crippen LogP contribution in [0.5, 0.6) is 5.75 Å². The molecule has 0 unspecified atom stereocenters. The summed E-state index contributed by atoms with van der Waals surface area (Å²) in [6.07, 6.45) is 0.562. The van der Waals surface area contributed by atoms with Crippen LogP contribution in [0, 0.1) is 12.8 Å². The van der Waals surface area contributed by atoms with Gasteiger partial charge in [0.05, 0.1) is 19.2 Å². The topological polar surface area (TPSA) is 86.8 Å². The number of aromatic nitrogens is 1. The smallest absolute Gasteiger partial charge is 0.313 e. The van der Waals surface area contributed by atoms with E-state index >= 15 is 0 Å². The second-order valence-electron chi connectivity index (χ2n) is 7.83. The van der Waals surface area contributed by atoms with E-state index in [1.165, 1.54) is 7.11 Å². The van der Waals surface area contributed by atoms with Gasteiger partial charge in [0.15, 0.2) is 0 Å². The fourth-order valence-corrected chi connectivity index (χ4v) is 3.92. The van der Waals surface area contributed by atoms with Gasteiger partial charge in [-0.1, -0.05) is 18.2 Å². The summed E-state index contributed by atoms with van der Waals surface area (Å²) in [4.78, 5) is 29.2. The summed E-state index contributed by atoms with van der Waals surface area (Å²) >= 11 is 0. The molecule has 0 saturated carbocycles. The Hall–Kier alpha value is -3.45. The Morgan fingerprint density at radius 1 is 1.16 bits per heavy atom. The van der Waals surface area contributed by atoms with E-state index in [0.29, 0.717) is 30.9 Å². The van der Waals surface area contributed by atoms with Crippen LogP contribution in [0.25, 0.3) is 10.9 Å². The van der Waals surface area contributed by atoms with Crippen molar-refractivity contribution in [1.29, 1.82) is 0 Å². The highest BCUT2D eigenvalue weighted by Crippen LogP contribution is 2.22. The van der Waals surface area contributed by atoms with Gasteiger partial charge in [0.1, 0.15) is 18.3 Å². The predicted molar refractivity (Wildman–Crippen MR) is 119 cm³/mol. The normalized spacial score (nSPS) is 18.2. The van der Waals surface area contributed by atoms with Gasteiger partial charge in [0, 0.05) is 34.9 Å². The number of pyridine rings is 1. The summed E-state index contributed by atoms with van der Waals surface area (Å²) in [5.41, 5.74) is 3.44. The molecule has 3 aromatic rings. The Balaban J connectivity index is 1.40. The zero-order chi connectivity index (χ0) is 22.5. The van der Waals surface area contributed by atoms with E-state index < -0.39 is 5.92 Å². The number of hydrogen-bond acceptors (Lipinski definition) is 6. The SMILES string of the molecule is COC(=O)[C@@H]1COCC[C@@H]1NC(=O)c1ccc(OCc2cc(C)nc3ccccc23)cc1. The molecule has 0 bridgehead atoms. The lowest BCUT2D eigenvalue weighted by Gasteiger charge is -2.30. The standard InChI is InChI=1S/C25H26N2O5/c1-16-13-18(20-5-3-4-6-22(20)26-16)14-32-19-9-7-17(8-10-19)24(28)27-23-11-12-31-15-21(23)25(29)30-2/h3-10,13,21,23H,11-12,14-15H2,1-2H3,(H,27,28)/t21-,23+/m1/s1. The number of carbonyl (C=O) groups is 2. The first-order chi connectivity index (χ1) is 15.5. The third-order valence-corrected chi connectivity index (χ3v) is 5.62. The lowest BCUT2D eigenvalue weighted by Crippen LogP contribution is -2.48. The highest BCUT2D eigenvalue weighted by atomic mass is 16.5. The number of aryl methyl sites for hydroxylation is 1. The van der Waals surface area contributed by atoms with E-state index in [-0.39, 0.29) is 24.5 Å². The summed E-state index contributed by atoms with van der Waals surface area (Å²) in [6.45, 7) is 3.10. The van der Waals surface area contributed by atoms with Gasteiger partial charge < -0.3 is 19.5 Å². The van der Waals surface area contributed by atoms with Crippen molar-refractivity contribution in [2.75, 3.05) is 20.3 Å². The van der Waals surface area contributed by atoms with Crippen molar-refractivity contribution in [3.05, 3.63) is 71.4 Å². The van der Waals surface area contributed by atoms with Crippen LogP contribution in [-0.2, 0) is 20.9 Å². The second-order valence-corrected chi connectivity index (χ2v) is 7.83. The molecule has 1 saturated heterocycles. The number of para-hydroxylation sites is 1. The molecule has 7 heteroatoms. The largest absolute Gasteiger partial charge is 0.489 e. The number of benzene rings is 2. The maximum atomic E-state index is 12.7. The van der Waals surface area contributed by atoms with E-state index in [1.54, 1.807) is 24.3 Å². The lowest BCUT2D eigenvalue weighted by atomic mass is 9.95. The number of carbonyl (C=O) groups excluding carboxylic acids is 2. The second kappa shape index (κ2) is 9.78. The van der Waals surface area contributed by atoms with Crippen LogP contribution in [0.1, 0.15) is 28.0 Å². The van der Waals surface area contributed by atoms with E-state index in [0.717, 1.165) is 22.2 Å². The van der Waals surface area contributed by atoms with Crippen LogP contribution in [0.3, 0.4) is 0 Å². The molecule has 0 spiro atoms. The number of nitrogens with one attached hydrogen (secondary N) is 1. The molecule has 1 aliphatic rings. The summed E-state index contributed by atoms with van der Waals surface area (Å²) in [7, 11) is 1.34. The van der Waals surface area contributed by atoms with Crippen LogP contribution in [-0.4, -0.2) is 43.2 Å². The molecule has 2 heterocycles. The lowest BCUT2D eigenvalue weighted by molar-refractivity contribution is -0.151. The molecule has 4 rings (SSSR count). The molecular formula is C25H26N2O5. The van der Waals surface area contributed by atoms with Gasteiger partial charge in [-0.25, -0.2) is 0 Å². The summed E-state index contributed by atoms with van der Waals surface area (Å²) in [6, 6.07) is 16.7. The van der Waals surface area contributed by atoms with Crippen molar-refractivity contribution in [3.8, 4) is 5.75 Å². The number of ether oxygens (including phenoxy) is 3. The molecule has 1 aromatic heterocycles. The molecule has 1 N–H and O–H groups in total. The van der Waals surface area contributed by atoms with Crippen LogP contribution < -0.4 is 10.1 Å². The van der Waals surface area contributed by atoms with Crippen molar-refractivity contribution >= 4 is 22.8 Å². The summed E-state index contributed by atoms with van der Waals surface area (Å²) in [5, 5.41) is 4.00. The number of methoxy groups -OCH3 is 1. The first-order valence-electron chi connectivity index (χ1n) is 10.6. The Kier molecular flexibility index (Phi) is 6.66. The molecule has 0 radical (unpaired) electrons. The zero-order valence-corrected chi connectivity index (χ0v) is 18.2. The van der Waals surface area contributed by atoms with Crippen molar-refractivity contribution in [1.82, 2.24) is 10.3 Å². The summed E-state index contributed by atoms with van der Waals surface area (Å²) < 4.78 is 16.2. The Morgan fingerprint density at radius 3 is 2.72 bits per heavy atom. The zero-order valence-electron chi connectivity index (χ0n) is 18.2. The van der Waals surface area contributed by atoms with E-state index in [2.05, 4.69) is 10.3 Å². The molecule has 1 amide bonds. The minimum absolute atomic E-state index is 0.242. The highest BCUT2D eigenvalue weighted by Gasteiger charge is 2.33. The molecule has 166 valence electrons. The van der Waals surface area contributed by atoms with E-state index in [1.807, 2.05) is 37.3 Å². The molecule has 2 atom stereocenters. The Bertz CT molecular complexity index is 1110. The molecule has 1 fully saturated rings. The van der Waals surface area contributed by atoms with Crippen molar-refractivity contribution in [2.24, 2.45) is 5.92 Å². The minimum atomic E-state index is -0.501. The van der Waals surface area contributed by atoms with Crippen molar-refractivity contribution in [3.63, 3.8) is 0 Å². The summed E-state index contributed by atoms with van der Waals surface area (Å²) in [5.74, 6) is -0.455. The maximum Gasteiger partial charge on any atom is 0.313 e. The number of amides is 1. The molecule has 0 aliphatic carbocycles. The van der Waals surface area contributed by atoms with Gasteiger partial charge in [0.2, 0.25) is 0 Å². The monoisotopic (exact) mass is 434 g/mol. The van der Waals surface area contributed by atoms with E-state index in [4.69, 9.17) is 14.2 Å². The van der Waals surface area contributed by atoms with Crippen LogP contribution in [0.15, 0.2) is 54.6 Å². The molecular weight excluding hydrogens is 408 g/mol. The van der Waals surface area contributed by atoms with Gasteiger partial charge in [0.25, 0.3) is 5.91 Å². The molecule has 1 aliphatic heterocycles. The Morgan fingerprint density at radius 2 is 1.94 bits per heavy atom. The fraction of sp³-hybridized carbons (Fsp3) is 0.320. The van der Waals surface area contributed by atoms with Crippen LogP contribution in [0.2, 0.25) is 0 Å². The third kappa shape index (κ3) is 4.89. The minimum Gasteiger partial charge on any atom is -0.489 e. The molecule has 2 aromatic carbocycles. The third-order valence-electron chi connectivity index (χ3n) is 5.62. The first kappa shape index (κ1) is 21.8. The van der Waals surface area contributed by atoms with Crippen LogP contribution >= 0.6 is 0 Å². The van der Waals surface area contributed by atoms with Gasteiger partial charge >= 0.3 is 5.97 Å².